The number of rotatable bonds is 1. The molecule has 0 aliphatic heterocycles. The summed E-state index contributed by atoms with van der Waals surface area (Å²) in [4.78, 5) is 0. The van der Waals surface area contributed by atoms with Crippen molar-refractivity contribution in [3.8, 4) is 5.75 Å². The third kappa shape index (κ3) is 2.61. The maximum absolute atomic E-state index is 5.88. The molecule has 0 saturated heterocycles. The maximum Gasteiger partial charge on any atom is 0.123 e. The Morgan fingerprint density at radius 2 is 1.64 bits per heavy atom. The Hall–Kier alpha value is -0.763. The number of hydrogen-bond acceptors (Lipinski definition) is 1. The highest BCUT2D eigenvalue weighted by molar-refractivity contribution is 6.33. The summed E-state index contributed by atoms with van der Waals surface area (Å²) in [6.07, 6.45) is 0. The quantitative estimate of drug-likeness (QED) is 0.635. The van der Waals surface area contributed by atoms with Gasteiger partial charge >= 0.3 is 0 Å². The normalized spacial score (nSPS) is 11.8. The first kappa shape index (κ1) is 11.3. The van der Waals surface area contributed by atoms with Crippen LogP contribution in [-0.4, -0.2) is 15.8 Å². The van der Waals surface area contributed by atoms with E-state index in [1.165, 1.54) is 16.3 Å². The fourth-order valence-corrected chi connectivity index (χ4v) is 1.91. The van der Waals surface area contributed by atoms with E-state index in [1.54, 1.807) is 0 Å². The summed E-state index contributed by atoms with van der Waals surface area (Å²) in [7, 11) is 1.11. The molecule has 78 valence electrons. The van der Waals surface area contributed by atoms with E-state index in [0.717, 1.165) is 16.0 Å². The van der Waals surface area contributed by atoms with Gasteiger partial charge in [0.1, 0.15) is 11.4 Å². The first-order valence-corrected chi connectivity index (χ1v) is 6.07. The van der Waals surface area contributed by atoms with Gasteiger partial charge in [-0.25, -0.2) is 0 Å². The van der Waals surface area contributed by atoms with E-state index in [4.69, 9.17) is 4.74 Å². The molecule has 0 heterocycles. The van der Waals surface area contributed by atoms with Crippen LogP contribution >= 0.6 is 0 Å². The lowest BCUT2D eigenvalue weighted by atomic mass is 10.1. The molecule has 0 unspecified atom stereocenters. The van der Waals surface area contributed by atoms with Crippen LogP contribution in [-0.2, 0) is 0 Å². The van der Waals surface area contributed by atoms with Gasteiger partial charge in [0.25, 0.3) is 0 Å². The summed E-state index contributed by atoms with van der Waals surface area (Å²) in [5.41, 5.74) is 2.56. The molecule has 2 heteroatoms. The lowest BCUT2D eigenvalue weighted by molar-refractivity contribution is 0.130. The van der Waals surface area contributed by atoms with Crippen molar-refractivity contribution >= 4 is 15.4 Å². The van der Waals surface area contributed by atoms with E-state index in [1.807, 2.05) is 0 Å². The van der Waals surface area contributed by atoms with Crippen LogP contribution in [0.5, 0.6) is 5.75 Å². The van der Waals surface area contributed by atoms with E-state index >= 15 is 0 Å². The zero-order valence-corrected chi connectivity index (χ0v) is 12.1. The molecule has 0 aliphatic carbocycles. The second kappa shape index (κ2) is 3.77. The lowest BCUT2D eigenvalue weighted by Gasteiger charge is -2.23. The molecule has 1 nitrogen and oxygen atoms in total. The predicted molar refractivity (Wildman–Crippen MR) is 65.9 cm³/mol. The monoisotopic (exact) mass is 208 g/mol. The van der Waals surface area contributed by atoms with Gasteiger partial charge in [0.05, 0.1) is 0 Å². The molecule has 0 saturated carbocycles. The number of hydrogen-bond donors (Lipinski definition) is 0. The van der Waals surface area contributed by atoms with Gasteiger partial charge < -0.3 is 4.74 Å². The molecule has 0 atom stereocenters. The van der Waals surface area contributed by atoms with Gasteiger partial charge in [-0.15, -0.1) is 0 Å². The van der Waals surface area contributed by atoms with Crippen LogP contribution in [0.4, 0.5) is 0 Å². The smallest absolute Gasteiger partial charge is 0.123 e. The van der Waals surface area contributed by atoms with Gasteiger partial charge in [0, 0.05) is 10.2 Å². The average molecular weight is 208 g/mol. The number of ether oxygens (including phenoxy) is 1. The molecule has 0 aromatic heterocycles. The zero-order chi connectivity index (χ0) is 10.9. The molecular formula is C12H20OSi. The van der Waals surface area contributed by atoms with Gasteiger partial charge in [-0.2, -0.15) is 0 Å². The molecule has 0 N–H and O–H groups in total. The van der Waals surface area contributed by atoms with Crippen LogP contribution in [0.1, 0.15) is 31.9 Å². The standard InChI is InChI=1S/C12H20OSi/c1-8-9(2)11(14)7-6-10(8)13-12(3,4)5/h6-7H,1-5,14H3. The third-order valence-corrected chi connectivity index (χ3v) is 3.51. The predicted octanol–water partition coefficient (Wildman–Crippen LogP) is 1.47. The van der Waals surface area contributed by atoms with Crippen LogP contribution in [0.25, 0.3) is 0 Å². The van der Waals surface area contributed by atoms with Crippen LogP contribution < -0.4 is 9.92 Å². The number of benzene rings is 1. The highest BCUT2D eigenvalue weighted by atomic mass is 28.1. The van der Waals surface area contributed by atoms with Gasteiger partial charge in [-0.1, -0.05) is 11.3 Å². The highest BCUT2D eigenvalue weighted by Crippen LogP contribution is 2.23. The molecule has 0 bridgehead atoms. The van der Waals surface area contributed by atoms with Gasteiger partial charge in [-0.3, -0.25) is 0 Å². The molecule has 1 rings (SSSR count). The average Bonchev–Trinajstić information content (AvgIpc) is 2.04. The molecule has 0 spiro atoms. The summed E-state index contributed by atoms with van der Waals surface area (Å²) in [5.74, 6) is 1.02. The Bertz CT molecular complexity index is 337. The molecule has 1 aromatic rings. The van der Waals surface area contributed by atoms with Crippen LogP contribution in [0.3, 0.4) is 0 Å². The molecule has 0 radical (unpaired) electrons. The largest absolute Gasteiger partial charge is 0.488 e. The SMILES string of the molecule is Cc1c([SiH3])ccc(OC(C)(C)C)c1C. The van der Waals surface area contributed by atoms with Crippen molar-refractivity contribution in [2.45, 2.75) is 40.2 Å². The second-order valence-electron chi connectivity index (χ2n) is 4.85. The Labute approximate surface area is 89.9 Å². The van der Waals surface area contributed by atoms with E-state index in [9.17, 15) is 0 Å². The lowest BCUT2D eigenvalue weighted by Crippen LogP contribution is -2.24. The molecule has 0 aliphatic rings. The van der Waals surface area contributed by atoms with Crippen molar-refractivity contribution in [2.75, 3.05) is 0 Å². The Kier molecular flexibility index (Phi) is 3.05. The van der Waals surface area contributed by atoms with E-state index in [2.05, 4.69) is 46.8 Å². The molecule has 0 fully saturated rings. The van der Waals surface area contributed by atoms with Crippen molar-refractivity contribution < 1.29 is 4.74 Å². The third-order valence-electron chi connectivity index (χ3n) is 2.42. The first-order valence-electron chi connectivity index (χ1n) is 5.07. The topological polar surface area (TPSA) is 9.23 Å². The Morgan fingerprint density at radius 3 is 2.14 bits per heavy atom. The molecule has 1 aromatic carbocycles. The fraction of sp³-hybridized carbons (Fsp3) is 0.500. The highest BCUT2D eigenvalue weighted by Gasteiger charge is 2.14. The van der Waals surface area contributed by atoms with Crippen molar-refractivity contribution in [1.82, 2.24) is 0 Å². The summed E-state index contributed by atoms with van der Waals surface area (Å²) in [6, 6.07) is 4.27. The minimum atomic E-state index is -0.107. The Morgan fingerprint density at radius 1 is 1.07 bits per heavy atom. The van der Waals surface area contributed by atoms with Crippen LogP contribution in [0.15, 0.2) is 12.1 Å². The summed E-state index contributed by atoms with van der Waals surface area (Å²) in [5, 5.41) is 1.46. The van der Waals surface area contributed by atoms with Crippen molar-refractivity contribution in [1.29, 1.82) is 0 Å². The maximum atomic E-state index is 5.88. The van der Waals surface area contributed by atoms with E-state index in [0.29, 0.717) is 0 Å². The molecular weight excluding hydrogens is 188 g/mol. The zero-order valence-electron chi connectivity index (χ0n) is 10.1. The van der Waals surface area contributed by atoms with Crippen LogP contribution in [0.2, 0.25) is 0 Å². The Balaban J connectivity index is 3.06. The summed E-state index contributed by atoms with van der Waals surface area (Å²) in [6.45, 7) is 10.5. The summed E-state index contributed by atoms with van der Waals surface area (Å²) >= 11 is 0. The van der Waals surface area contributed by atoms with Gasteiger partial charge in [-0.05, 0) is 51.8 Å². The molecule has 0 amide bonds. The van der Waals surface area contributed by atoms with E-state index < -0.39 is 0 Å². The van der Waals surface area contributed by atoms with Crippen molar-refractivity contribution in [3.05, 3.63) is 23.3 Å². The van der Waals surface area contributed by atoms with Crippen molar-refractivity contribution in [3.63, 3.8) is 0 Å². The van der Waals surface area contributed by atoms with Gasteiger partial charge in [0.2, 0.25) is 0 Å². The minimum Gasteiger partial charge on any atom is -0.488 e. The molecule has 14 heavy (non-hydrogen) atoms. The van der Waals surface area contributed by atoms with E-state index in [-0.39, 0.29) is 5.60 Å². The van der Waals surface area contributed by atoms with Gasteiger partial charge in [0.15, 0.2) is 0 Å². The van der Waals surface area contributed by atoms with Crippen LogP contribution in [0, 0.1) is 13.8 Å². The minimum absolute atomic E-state index is 0.107. The first-order chi connectivity index (χ1) is 6.31. The summed E-state index contributed by atoms with van der Waals surface area (Å²) < 4.78 is 5.88. The van der Waals surface area contributed by atoms with Crippen molar-refractivity contribution in [2.24, 2.45) is 0 Å². The second-order valence-corrected chi connectivity index (χ2v) is 5.92. The fourth-order valence-electron chi connectivity index (χ4n) is 1.37.